The average molecular weight is 245 g/mol. The Balaban J connectivity index is 0.000000722. The summed E-state index contributed by atoms with van der Waals surface area (Å²) in [5.41, 5.74) is 1.14. The third-order valence-electron chi connectivity index (χ3n) is 2.62. The van der Waals surface area contributed by atoms with Crippen LogP contribution in [-0.4, -0.2) is 70.9 Å². The fraction of sp³-hybridized carbons (Fsp3) is 0. The number of hydrogen-bond acceptors (Lipinski definition) is 2. The average Bonchev–Trinajstić information content (AvgIpc) is 2.25. The van der Waals surface area contributed by atoms with Crippen molar-refractivity contribution in [1.82, 2.24) is 5.32 Å². The Bertz CT molecular complexity index is 562. The van der Waals surface area contributed by atoms with Crippen molar-refractivity contribution >= 4 is 81.7 Å². The fourth-order valence-corrected chi connectivity index (χ4v) is 1.96. The normalized spacial score (nSPS) is 12.5. The zero-order valence-electron chi connectivity index (χ0n) is 7.78. The number of benzene rings is 2. The molecule has 5 heteroatoms. The van der Waals surface area contributed by atoms with Gasteiger partial charge in [0.25, 0.3) is 11.8 Å². The molecule has 1 aliphatic heterocycles. The molecule has 0 radical (unpaired) electrons. The Kier molecular flexibility index (Phi) is 4.95. The van der Waals surface area contributed by atoms with Gasteiger partial charge in [-0.05, 0) is 17.5 Å². The van der Waals surface area contributed by atoms with E-state index in [1.165, 1.54) is 0 Å². The molecule has 2 aromatic carbocycles. The molecule has 0 aromatic heterocycles. The minimum atomic E-state index is -0.315. The first-order valence-corrected chi connectivity index (χ1v) is 4.65. The summed E-state index contributed by atoms with van der Waals surface area (Å²) in [4.78, 5) is 23.1. The van der Waals surface area contributed by atoms with Crippen LogP contribution < -0.4 is 5.32 Å². The molecule has 2 amide bonds. The third kappa shape index (κ3) is 2.36. The molecule has 0 atom stereocenters. The molecule has 0 bridgehead atoms. The summed E-state index contributed by atoms with van der Waals surface area (Å²) in [7, 11) is 0. The molecule has 0 saturated heterocycles. The summed E-state index contributed by atoms with van der Waals surface area (Å²) < 4.78 is 0. The Morgan fingerprint density at radius 1 is 0.765 bits per heavy atom. The van der Waals surface area contributed by atoms with E-state index in [9.17, 15) is 9.59 Å². The van der Waals surface area contributed by atoms with Crippen LogP contribution in [0.2, 0.25) is 0 Å². The van der Waals surface area contributed by atoms with Crippen molar-refractivity contribution in [2.75, 3.05) is 0 Å². The summed E-state index contributed by atoms with van der Waals surface area (Å²) in [6, 6.07) is 10.9. The standard InChI is InChI=1S/C12H7NO2.2Na.2H/c14-11-8-5-1-3-7-4-2-6-9(10(7)8)12(15)13-11;;;;/h1-6H,(H,13,14,15);;;;. The van der Waals surface area contributed by atoms with Gasteiger partial charge in [0.2, 0.25) is 0 Å². The Morgan fingerprint density at radius 3 is 1.71 bits per heavy atom. The van der Waals surface area contributed by atoms with Crippen molar-refractivity contribution in [3.8, 4) is 0 Å². The molecule has 1 aliphatic rings. The van der Waals surface area contributed by atoms with Gasteiger partial charge < -0.3 is 0 Å². The van der Waals surface area contributed by atoms with E-state index in [0.717, 1.165) is 10.8 Å². The molecule has 3 nitrogen and oxygen atoms in total. The second-order valence-electron chi connectivity index (χ2n) is 3.49. The van der Waals surface area contributed by atoms with Crippen LogP contribution >= 0.6 is 0 Å². The second kappa shape index (κ2) is 5.65. The molecule has 0 aliphatic carbocycles. The van der Waals surface area contributed by atoms with Crippen molar-refractivity contribution < 1.29 is 9.59 Å². The number of amides is 2. The first-order chi connectivity index (χ1) is 7.27. The molecule has 17 heavy (non-hydrogen) atoms. The van der Waals surface area contributed by atoms with Crippen LogP contribution in [0, 0.1) is 0 Å². The van der Waals surface area contributed by atoms with Crippen molar-refractivity contribution in [2.45, 2.75) is 0 Å². The number of imide groups is 1. The van der Waals surface area contributed by atoms with E-state index in [-0.39, 0.29) is 70.9 Å². The van der Waals surface area contributed by atoms with E-state index in [2.05, 4.69) is 5.32 Å². The number of carbonyl (C=O) groups is 2. The monoisotopic (exact) mass is 245 g/mol. The molecule has 0 fully saturated rings. The van der Waals surface area contributed by atoms with Crippen molar-refractivity contribution in [1.29, 1.82) is 0 Å². The van der Waals surface area contributed by atoms with Gasteiger partial charge in [0.15, 0.2) is 0 Å². The van der Waals surface area contributed by atoms with E-state index in [0.29, 0.717) is 11.1 Å². The Hall–Kier alpha value is -0.160. The van der Waals surface area contributed by atoms with E-state index in [4.69, 9.17) is 0 Å². The van der Waals surface area contributed by atoms with Gasteiger partial charge in [-0.15, -0.1) is 0 Å². The predicted octanol–water partition coefficient (Wildman–Crippen LogP) is 0.426. The minimum absolute atomic E-state index is 0. The first-order valence-electron chi connectivity index (χ1n) is 4.65. The molecule has 3 rings (SSSR count). The maximum absolute atomic E-state index is 11.6. The first kappa shape index (κ1) is 14.9. The van der Waals surface area contributed by atoms with Gasteiger partial charge in [-0.25, -0.2) is 0 Å². The van der Waals surface area contributed by atoms with E-state index < -0.39 is 0 Å². The molecular weight excluding hydrogens is 236 g/mol. The topological polar surface area (TPSA) is 46.2 Å². The molecule has 2 aromatic rings. The van der Waals surface area contributed by atoms with Crippen molar-refractivity contribution in [3.05, 3.63) is 47.5 Å². The number of nitrogens with one attached hydrogen (secondary N) is 1. The predicted molar refractivity (Wildman–Crippen MR) is 70.0 cm³/mol. The molecule has 0 unspecified atom stereocenters. The van der Waals surface area contributed by atoms with Crippen LogP contribution in [0.3, 0.4) is 0 Å². The second-order valence-corrected chi connectivity index (χ2v) is 3.49. The SMILES string of the molecule is O=C1NC(=O)c2cccc3cccc1c23.[NaH].[NaH]. The zero-order chi connectivity index (χ0) is 10.4. The summed E-state index contributed by atoms with van der Waals surface area (Å²) in [5.74, 6) is -0.631. The van der Waals surface area contributed by atoms with Crippen LogP contribution in [-0.2, 0) is 0 Å². The van der Waals surface area contributed by atoms with Crippen molar-refractivity contribution in [3.63, 3.8) is 0 Å². The van der Waals surface area contributed by atoms with Gasteiger partial charge in [-0.2, -0.15) is 0 Å². The van der Waals surface area contributed by atoms with Gasteiger partial charge >= 0.3 is 59.1 Å². The third-order valence-corrected chi connectivity index (χ3v) is 2.62. The van der Waals surface area contributed by atoms with Crippen LogP contribution in [0.5, 0.6) is 0 Å². The van der Waals surface area contributed by atoms with Gasteiger partial charge in [-0.1, -0.05) is 24.3 Å². The van der Waals surface area contributed by atoms with E-state index in [1.54, 1.807) is 12.1 Å². The quantitative estimate of drug-likeness (QED) is 0.540. The summed E-state index contributed by atoms with van der Waals surface area (Å²) in [5, 5.41) is 4.00. The van der Waals surface area contributed by atoms with Crippen LogP contribution in [0.15, 0.2) is 36.4 Å². The van der Waals surface area contributed by atoms with Gasteiger partial charge in [-0.3, -0.25) is 14.9 Å². The molecular formula is C12H9NNa2O2. The number of hydrogen-bond donors (Lipinski definition) is 1. The van der Waals surface area contributed by atoms with Crippen molar-refractivity contribution in [2.24, 2.45) is 0 Å². The molecule has 0 spiro atoms. The summed E-state index contributed by atoms with van der Waals surface area (Å²) in [6.07, 6.45) is 0. The summed E-state index contributed by atoms with van der Waals surface area (Å²) >= 11 is 0. The van der Waals surface area contributed by atoms with Crippen LogP contribution in [0.25, 0.3) is 10.8 Å². The van der Waals surface area contributed by atoms with Crippen LogP contribution in [0.1, 0.15) is 20.7 Å². The van der Waals surface area contributed by atoms with Gasteiger partial charge in [0.05, 0.1) is 0 Å². The maximum atomic E-state index is 11.6. The number of carbonyl (C=O) groups excluding carboxylic acids is 2. The van der Waals surface area contributed by atoms with Crippen LogP contribution in [0.4, 0.5) is 0 Å². The molecule has 0 saturated carbocycles. The summed E-state index contributed by atoms with van der Waals surface area (Å²) in [6.45, 7) is 0. The fourth-order valence-electron chi connectivity index (χ4n) is 1.96. The van der Waals surface area contributed by atoms with Gasteiger partial charge in [0.1, 0.15) is 0 Å². The zero-order valence-corrected chi connectivity index (χ0v) is 7.78. The Morgan fingerprint density at radius 2 is 1.24 bits per heavy atom. The Labute approximate surface area is 143 Å². The molecule has 1 N–H and O–H groups in total. The molecule has 1 heterocycles. The molecule has 76 valence electrons. The van der Waals surface area contributed by atoms with E-state index >= 15 is 0 Å². The van der Waals surface area contributed by atoms with Gasteiger partial charge in [0, 0.05) is 16.5 Å². The number of rotatable bonds is 0. The van der Waals surface area contributed by atoms with E-state index in [1.807, 2.05) is 24.3 Å².